The lowest BCUT2D eigenvalue weighted by Gasteiger charge is -2.18. The summed E-state index contributed by atoms with van der Waals surface area (Å²) in [5.74, 6) is 0.804. The minimum Gasteiger partial charge on any atom is -0.484 e. The van der Waals surface area contributed by atoms with E-state index in [1.54, 1.807) is 7.05 Å². The van der Waals surface area contributed by atoms with E-state index in [-0.39, 0.29) is 17.4 Å². The van der Waals surface area contributed by atoms with Gasteiger partial charge in [0, 0.05) is 12.7 Å². The van der Waals surface area contributed by atoms with Crippen LogP contribution in [0.25, 0.3) is 0 Å². The molecule has 2 aromatic rings. The number of nitrogens with zero attached hydrogens (tertiary/aromatic N) is 1. The van der Waals surface area contributed by atoms with Crippen molar-refractivity contribution >= 4 is 21.7 Å². The number of rotatable bonds is 7. The van der Waals surface area contributed by atoms with Gasteiger partial charge < -0.3 is 9.64 Å². The van der Waals surface area contributed by atoms with Crippen LogP contribution in [0.5, 0.6) is 5.75 Å². The van der Waals surface area contributed by atoms with Crippen LogP contribution in [-0.2, 0) is 14.9 Å². The molecule has 0 spiro atoms. The number of benzene rings is 2. The molecule has 140 valence electrons. The van der Waals surface area contributed by atoms with Crippen LogP contribution in [0.1, 0.15) is 31.7 Å². The molecule has 0 bridgehead atoms. The third-order valence-corrected chi connectivity index (χ3v) is 5.19. The van der Waals surface area contributed by atoms with Gasteiger partial charge in [0.15, 0.2) is 6.61 Å². The Morgan fingerprint density at radius 3 is 2.19 bits per heavy atom. The van der Waals surface area contributed by atoms with Crippen molar-refractivity contribution in [2.75, 3.05) is 18.6 Å². The first-order valence-electron chi connectivity index (χ1n) is 8.29. The van der Waals surface area contributed by atoms with Crippen molar-refractivity contribution in [2.45, 2.75) is 31.1 Å². The van der Waals surface area contributed by atoms with Crippen LogP contribution >= 0.6 is 0 Å². The maximum Gasteiger partial charge on any atom is 0.294 e. The fourth-order valence-corrected chi connectivity index (χ4v) is 2.84. The van der Waals surface area contributed by atoms with E-state index in [1.807, 2.05) is 24.3 Å². The topological polar surface area (TPSA) is 83.9 Å². The quantitative estimate of drug-likeness (QED) is 0.747. The molecule has 0 radical (unpaired) electrons. The van der Waals surface area contributed by atoms with Gasteiger partial charge in [0.25, 0.3) is 16.0 Å². The first kappa shape index (κ1) is 19.9. The second-order valence-electron chi connectivity index (χ2n) is 6.09. The Kier molecular flexibility index (Phi) is 6.39. The van der Waals surface area contributed by atoms with Crippen molar-refractivity contribution in [1.29, 1.82) is 0 Å². The summed E-state index contributed by atoms with van der Waals surface area (Å²) in [7, 11) is -2.68. The first-order valence-corrected chi connectivity index (χ1v) is 9.73. The number of likely N-dealkylation sites (N-methyl/N-ethyl adjacent to an activating group) is 1. The van der Waals surface area contributed by atoms with Crippen molar-refractivity contribution in [2.24, 2.45) is 0 Å². The molecule has 0 aliphatic carbocycles. The second kappa shape index (κ2) is 8.33. The van der Waals surface area contributed by atoms with Crippen LogP contribution in [0, 0.1) is 0 Å². The lowest BCUT2D eigenvalue weighted by atomic mass is 9.99. The molecule has 7 heteroatoms. The van der Waals surface area contributed by atoms with Crippen molar-refractivity contribution < 1.29 is 22.5 Å². The van der Waals surface area contributed by atoms with Crippen LogP contribution < -0.4 is 9.64 Å². The van der Waals surface area contributed by atoms with Crippen LogP contribution in [0.15, 0.2) is 53.4 Å². The van der Waals surface area contributed by atoms with Crippen molar-refractivity contribution in [3.63, 3.8) is 0 Å². The van der Waals surface area contributed by atoms with E-state index in [0.29, 0.717) is 17.4 Å². The zero-order valence-corrected chi connectivity index (χ0v) is 15.9. The van der Waals surface area contributed by atoms with Crippen molar-refractivity contribution in [1.82, 2.24) is 0 Å². The van der Waals surface area contributed by atoms with E-state index in [0.717, 1.165) is 6.42 Å². The first-order chi connectivity index (χ1) is 12.2. The fraction of sp³-hybridized carbons (Fsp3) is 0.316. The molecule has 0 fully saturated rings. The number of hydrogen-bond donors (Lipinski definition) is 1. The zero-order valence-electron chi connectivity index (χ0n) is 15.0. The average Bonchev–Trinajstić information content (AvgIpc) is 2.64. The molecular formula is C19H23NO5S. The Balaban J connectivity index is 1.96. The zero-order chi connectivity index (χ0) is 19.3. The minimum atomic E-state index is -4.25. The molecule has 1 N–H and O–H groups in total. The summed E-state index contributed by atoms with van der Waals surface area (Å²) < 4.78 is 36.6. The highest BCUT2D eigenvalue weighted by Gasteiger charge is 2.14. The number of anilines is 1. The molecule has 0 aliphatic rings. The predicted molar refractivity (Wildman–Crippen MR) is 100 cm³/mol. The number of amides is 1. The lowest BCUT2D eigenvalue weighted by Crippen LogP contribution is -2.31. The largest absolute Gasteiger partial charge is 0.484 e. The molecule has 0 saturated carbocycles. The summed E-state index contributed by atoms with van der Waals surface area (Å²) >= 11 is 0. The summed E-state index contributed by atoms with van der Waals surface area (Å²) in [6.45, 7) is 4.15. The fourth-order valence-electron chi connectivity index (χ4n) is 2.36. The Labute approximate surface area is 154 Å². The summed E-state index contributed by atoms with van der Waals surface area (Å²) in [4.78, 5) is 13.4. The number of carbonyl (C=O) groups is 1. The Hall–Kier alpha value is -2.38. The van der Waals surface area contributed by atoms with E-state index in [9.17, 15) is 13.2 Å². The van der Waals surface area contributed by atoms with Crippen LogP contribution in [0.4, 0.5) is 5.69 Å². The lowest BCUT2D eigenvalue weighted by molar-refractivity contribution is -0.120. The summed E-state index contributed by atoms with van der Waals surface area (Å²) in [5, 5.41) is 0. The van der Waals surface area contributed by atoms with Gasteiger partial charge in [-0.3, -0.25) is 9.35 Å². The van der Waals surface area contributed by atoms with Gasteiger partial charge in [0.2, 0.25) is 0 Å². The van der Waals surface area contributed by atoms with E-state index in [1.165, 1.54) is 34.7 Å². The van der Waals surface area contributed by atoms with Gasteiger partial charge in [-0.15, -0.1) is 0 Å². The van der Waals surface area contributed by atoms with Gasteiger partial charge in [0.05, 0.1) is 4.90 Å². The Morgan fingerprint density at radius 1 is 1.12 bits per heavy atom. The molecule has 6 nitrogen and oxygen atoms in total. The number of hydrogen-bond acceptors (Lipinski definition) is 4. The third kappa shape index (κ3) is 5.06. The van der Waals surface area contributed by atoms with Crippen LogP contribution in [-0.4, -0.2) is 32.5 Å². The third-order valence-electron chi connectivity index (χ3n) is 4.32. The smallest absolute Gasteiger partial charge is 0.294 e. The molecule has 2 rings (SSSR count). The van der Waals surface area contributed by atoms with Gasteiger partial charge >= 0.3 is 0 Å². The summed E-state index contributed by atoms with van der Waals surface area (Å²) in [6.07, 6.45) is 1.06. The predicted octanol–water partition coefficient (Wildman–Crippen LogP) is 3.49. The molecule has 1 unspecified atom stereocenters. The number of ether oxygens (including phenoxy) is 1. The normalized spacial score (nSPS) is 12.5. The Bertz CT molecular complexity index is 845. The standard InChI is InChI=1S/C19H23NO5S/c1-4-14(2)15-5-9-17(10-6-15)25-13-19(21)20(3)16-7-11-18(12-8-16)26(22,23)24/h5-12,14H,4,13H2,1-3H3,(H,22,23,24). The molecule has 1 atom stereocenters. The molecule has 1 amide bonds. The maximum absolute atomic E-state index is 12.3. The molecule has 0 heterocycles. The second-order valence-corrected chi connectivity index (χ2v) is 7.51. The average molecular weight is 377 g/mol. The van der Waals surface area contributed by atoms with Gasteiger partial charge in [-0.1, -0.05) is 26.0 Å². The monoisotopic (exact) mass is 377 g/mol. The van der Waals surface area contributed by atoms with E-state index in [4.69, 9.17) is 9.29 Å². The van der Waals surface area contributed by atoms with Crippen LogP contribution in [0.3, 0.4) is 0 Å². The van der Waals surface area contributed by atoms with E-state index < -0.39 is 10.1 Å². The molecule has 0 aliphatic heterocycles. The van der Waals surface area contributed by atoms with Crippen LogP contribution in [0.2, 0.25) is 0 Å². The van der Waals surface area contributed by atoms with Gasteiger partial charge in [-0.2, -0.15) is 8.42 Å². The van der Waals surface area contributed by atoms with Gasteiger partial charge in [0.1, 0.15) is 5.75 Å². The maximum atomic E-state index is 12.3. The molecular weight excluding hydrogens is 354 g/mol. The van der Waals surface area contributed by atoms with Crippen molar-refractivity contribution in [3.8, 4) is 5.75 Å². The van der Waals surface area contributed by atoms with Gasteiger partial charge in [-0.05, 0) is 54.3 Å². The molecule has 0 aromatic heterocycles. The number of carbonyl (C=O) groups excluding carboxylic acids is 1. The highest BCUT2D eigenvalue weighted by atomic mass is 32.2. The molecule has 0 saturated heterocycles. The highest BCUT2D eigenvalue weighted by Crippen LogP contribution is 2.22. The Morgan fingerprint density at radius 2 is 1.69 bits per heavy atom. The highest BCUT2D eigenvalue weighted by molar-refractivity contribution is 7.85. The van der Waals surface area contributed by atoms with E-state index >= 15 is 0 Å². The summed E-state index contributed by atoms with van der Waals surface area (Å²) in [5.41, 5.74) is 1.72. The van der Waals surface area contributed by atoms with Gasteiger partial charge in [-0.25, -0.2) is 0 Å². The molecule has 26 heavy (non-hydrogen) atoms. The van der Waals surface area contributed by atoms with E-state index in [2.05, 4.69) is 13.8 Å². The van der Waals surface area contributed by atoms with Crippen molar-refractivity contribution in [3.05, 3.63) is 54.1 Å². The molecule has 2 aromatic carbocycles. The SMILES string of the molecule is CCC(C)c1ccc(OCC(=O)N(C)c2ccc(S(=O)(=O)O)cc2)cc1. The summed E-state index contributed by atoms with van der Waals surface area (Å²) in [6, 6.07) is 13.0. The minimum absolute atomic E-state index is 0.140.